The van der Waals surface area contributed by atoms with Gasteiger partial charge in [0.25, 0.3) is 0 Å². The number of nitrogens with one attached hydrogen (secondary N) is 1. The normalized spacial score (nSPS) is 27.1. The van der Waals surface area contributed by atoms with E-state index >= 15 is 0 Å². The van der Waals surface area contributed by atoms with Crippen LogP contribution < -0.4 is 5.32 Å². The van der Waals surface area contributed by atoms with Crippen molar-refractivity contribution >= 4 is 5.91 Å². The van der Waals surface area contributed by atoms with Crippen molar-refractivity contribution in [2.24, 2.45) is 5.41 Å². The van der Waals surface area contributed by atoms with E-state index in [1.165, 1.54) is 12.8 Å². The maximum atomic E-state index is 12.5. The first kappa shape index (κ1) is 14.5. The summed E-state index contributed by atoms with van der Waals surface area (Å²) < 4.78 is 5.22. The third-order valence-corrected chi connectivity index (χ3v) is 4.79. The van der Waals surface area contributed by atoms with Gasteiger partial charge in [-0.1, -0.05) is 30.3 Å². The van der Waals surface area contributed by atoms with E-state index < -0.39 is 0 Å². The molecular weight excluding hydrogens is 264 g/mol. The molecular formula is C17H24N2O2. The van der Waals surface area contributed by atoms with Crippen LogP contribution in [0.1, 0.15) is 37.9 Å². The number of ether oxygens (including phenoxy) is 1. The first-order valence-electron chi connectivity index (χ1n) is 7.76. The molecule has 1 saturated carbocycles. The Morgan fingerprint density at radius 1 is 1.33 bits per heavy atom. The molecule has 114 valence electrons. The Morgan fingerprint density at radius 2 is 2.05 bits per heavy atom. The Bertz CT molecular complexity index is 499. The molecule has 1 amide bonds. The molecule has 2 unspecified atom stereocenters. The van der Waals surface area contributed by atoms with E-state index in [1.807, 2.05) is 30.0 Å². The van der Waals surface area contributed by atoms with E-state index in [1.54, 1.807) is 7.11 Å². The van der Waals surface area contributed by atoms with Crippen LogP contribution in [0.15, 0.2) is 30.3 Å². The van der Waals surface area contributed by atoms with Gasteiger partial charge in [-0.15, -0.1) is 0 Å². The highest BCUT2D eigenvalue weighted by atomic mass is 16.5. The topological polar surface area (TPSA) is 41.6 Å². The third-order valence-electron chi connectivity index (χ3n) is 4.79. The number of rotatable bonds is 6. The largest absolute Gasteiger partial charge is 0.385 e. The molecule has 2 atom stereocenters. The average molecular weight is 288 g/mol. The van der Waals surface area contributed by atoms with E-state index in [4.69, 9.17) is 4.74 Å². The predicted molar refractivity (Wildman–Crippen MR) is 81.7 cm³/mol. The van der Waals surface area contributed by atoms with E-state index in [2.05, 4.69) is 17.4 Å². The molecule has 0 bridgehead atoms. The van der Waals surface area contributed by atoms with Crippen LogP contribution in [0, 0.1) is 5.41 Å². The van der Waals surface area contributed by atoms with Crippen molar-refractivity contribution in [3.05, 3.63) is 35.9 Å². The van der Waals surface area contributed by atoms with Crippen molar-refractivity contribution in [3.8, 4) is 0 Å². The summed E-state index contributed by atoms with van der Waals surface area (Å²) in [5.74, 6) is 0.215. The molecule has 0 radical (unpaired) electrons. The molecule has 2 aliphatic rings. The highest BCUT2D eigenvalue weighted by Gasteiger charge is 2.48. The van der Waals surface area contributed by atoms with Gasteiger partial charge in [-0.2, -0.15) is 0 Å². The van der Waals surface area contributed by atoms with Crippen molar-refractivity contribution in [3.63, 3.8) is 0 Å². The highest BCUT2D eigenvalue weighted by Crippen LogP contribution is 2.50. The van der Waals surface area contributed by atoms with Gasteiger partial charge in [-0.25, -0.2) is 0 Å². The minimum atomic E-state index is -0.103. The molecule has 1 aromatic carbocycles. The zero-order valence-electron chi connectivity index (χ0n) is 12.8. The number of carbonyl (C=O) groups is 1. The van der Waals surface area contributed by atoms with E-state index in [0.29, 0.717) is 0 Å². The second kappa shape index (κ2) is 5.78. The summed E-state index contributed by atoms with van der Waals surface area (Å²) in [6.07, 6.45) is 3.46. The fraction of sp³-hybridized carbons (Fsp3) is 0.588. The number of nitrogens with zero attached hydrogens (tertiary/aromatic N) is 1. The summed E-state index contributed by atoms with van der Waals surface area (Å²) in [4.78, 5) is 14.5. The van der Waals surface area contributed by atoms with Gasteiger partial charge in [0, 0.05) is 20.3 Å². The zero-order chi connectivity index (χ0) is 14.9. The predicted octanol–water partition coefficient (Wildman–Crippen LogP) is 2.32. The molecule has 1 N–H and O–H groups in total. The van der Waals surface area contributed by atoms with Gasteiger partial charge in [0.1, 0.15) is 6.17 Å². The molecule has 2 fully saturated rings. The van der Waals surface area contributed by atoms with Gasteiger partial charge >= 0.3 is 0 Å². The van der Waals surface area contributed by atoms with Crippen molar-refractivity contribution in [1.29, 1.82) is 0 Å². The Kier molecular flexibility index (Phi) is 4.00. The fourth-order valence-electron chi connectivity index (χ4n) is 3.20. The lowest BCUT2D eigenvalue weighted by molar-refractivity contribution is -0.130. The Morgan fingerprint density at radius 3 is 2.67 bits per heavy atom. The summed E-state index contributed by atoms with van der Waals surface area (Å²) in [5.41, 5.74) is 1.45. The molecule has 1 saturated heterocycles. The van der Waals surface area contributed by atoms with Crippen molar-refractivity contribution in [2.45, 2.75) is 38.4 Å². The van der Waals surface area contributed by atoms with Crippen molar-refractivity contribution < 1.29 is 9.53 Å². The van der Waals surface area contributed by atoms with Crippen LogP contribution in [0.3, 0.4) is 0 Å². The maximum Gasteiger partial charge on any atom is 0.241 e. The maximum absolute atomic E-state index is 12.5. The lowest BCUT2D eigenvalue weighted by atomic mass is 10.0. The monoisotopic (exact) mass is 288 g/mol. The number of hydrogen-bond donors (Lipinski definition) is 1. The molecule has 4 heteroatoms. The molecule has 3 rings (SSSR count). The summed E-state index contributed by atoms with van der Waals surface area (Å²) >= 11 is 0. The second-order valence-electron chi connectivity index (χ2n) is 6.41. The Hall–Kier alpha value is -1.39. The van der Waals surface area contributed by atoms with Gasteiger partial charge in [-0.3, -0.25) is 10.1 Å². The Balaban J connectivity index is 1.76. The van der Waals surface area contributed by atoms with Crippen molar-refractivity contribution in [2.75, 3.05) is 20.3 Å². The minimum absolute atomic E-state index is 0.00807. The summed E-state index contributed by atoms with van der Waals surface area (Å²) in [5, 5.41) is 3.42. The first-order chi connectivity index (χ1) is 10.2. The van der Waals surface area contributed by atoms with Gasteiger partial charge in [-0.05, 0) is 37.2 Å². The molecule has 0 aromatic heterocycles. The molecule has 4 nitrogen and oxygen atoms in total. The summed E-state index contributed by atoms with van der Waals surface area (Å²) in [7, 11) is 1.74. The lowest BCUT2D eigenvalue weighted by Crippen LogP contribution is -2.36. The van der Waals surface area contributed by atoms with Crippen LogP contribution in [-0.2, 0) is 9.53 Å². The molecule has 1 aromatic rings. The van der Waals surface area contributed by atoms with Crippen LogP contribution in [0.4, 0.5) is 0 Å². The summed E-state index contributed by atoms with van der Waals surface area (Å²) in [6.45, 7) is 3.57. The first-order valence-corrected chi connectivity index (χ1v) is 7.76. The number of amides is 1. The minimum Gasteiger partial charge on any atom is -0.385 e. The third kappa shape index (κ3) is 2.97. The number of methoxy groups -OCH3 is 1. The van der Waals surface area contributed by atoms with Crippen LogP contribution in [0.5, 0.6) is 0 Å². The molecule has 0 spiro atoms. The van der Waals surface area contributed by atoms with Crippen LogP contribution >= 0.6 is 0 Å². The van der Waals surface area contributed by atoms with Gasteiger partial charge in [0.15, 0.2) is 0 Å². The van der Waals surface area contributed by atoms with E-state index in [9.17, 15) is 4.79 Å². The lowest BCUT2D eigenvalue weighted by Gasteiger charge is -2.29. The highest BCUT2D eigenvalue weighted by molar-refractivity contribution is 5.84. The molecule has 1 aliphatic heterocycles. The van der Waals surface area contributed by atoms with E-state index in [-0.39, 0.29) is 23.5 Å². The van der Waals surface area contributed by atoms with Crippen molar-refractivity contribution in [1.82, 2.24) is 10.2 Å². The van der Waals surface area contributed by atoms with Crippen LogP contribution in [-0.4, -0.2) is 37.1 Å². The zero-order valence-corrected chi connectivity index (χ0v) is 12.8. The fourth-order valence-corrected chi connectivity index (χ4v) is 3.20. The number of benzene rings is 1. The molecule has 1 aliphatic carbocycles. The summed E-state index contributed by atoms with van der Waals surface area (Å²) in [6, 6.07) is 10.1. The SMILES string of the molecule is COCCC1(CN2C(=O)C(C)NC2c2ccccc2)CC1. The average Bonchev–Trinajstić information content (AvgIpc) is 3.23. The van der Waals surface area contributed by atoms with Crippen LogP contribution in [0.25, 0.3) is 0 Å². The standard InChI is InChI=1S/C17H24N2O2/c1-13-16(20)19(12-17(8-9-17)10-11-21-2)15(18-13)14-6-4-3-5-7-14/h3-7,13,15,18H,8-12H2,1-2H3. The number of hydrogen-bond acceptors (Lipinski definition) is 3. The quantitative estimate of drug-likeness (QED) is 0.873. The smallest absolute Gasteiger partial charge is 0.241 e. The van der Waals surface area contributed by atoms with Gasteiger partial charge in [0.2, 0.25) is 5.91 Å². The van der Waals surface area contributed by atoms with Crippen LogP contribution in [0.2, 0.25) is 0 Å². The van der Waals surface area contributed by atoms with E-state index in [0.717, 1.165) is 25.1 Å². The second-order valence-corrected chi connectivity index (χ2v) is 6.41. The van der Waals surface area contributed by atoms with Gasteiger partial charge < -0.3 is 9.64 Å². The van der Waals surface area contributed by atoms with Gasteiger partial charge in [0.05, 0.1) is 6.04 Å². The Labute approximate surface area is 126 Å². The molecule has 1 heterocycles. The molecule has 21 heavy (non-hydrogen) atoms. The number of carbonyl (C=O) groups excluding carboxylic acids is 1.